The lowest BCUT2D eigenvalue weighted by molar-refractivity contribution is -0.357. The van der Waals surface area contributed by atoms with Gasteiger partial charge in [-0.3, -0.25) is 14.4 Å². The quantitative estimate of drug-likeness (QED) is 0.257. The normalized spacial score (nSPS) is 46.9. The van der Waals surface area contributed by atoms with Gasteiger partial charge < -0.3 is 28.1 Å². The first-order valence-corrected chi connectivity index (χ1v) is 12.1. The summed E-state index contributed by atoms with van der Waals surface area (Å²) < 4.78 is 35.6. The smallest absolute Gasteiger partial charge is 0.342 e. The van der Waals surface area contributed by atoms with E-state index in [-0.39, 0.29) is 18.4 Å². The molecule has 1 aromatic rings. The molecular formula is C27H28O10. The molecular weight excluding hydrogens is 484 g/mol. The maximum atomic E-state index is 14.2. The van der Waals surface area contributed by atoms with Gasteiger partial charge in [0.15, 0.2) is 11.4 Å². The second-order valence-electron chi connectivity index (χ2n) is 11.2. The number of fused-ring (bicyclic) bond motifs is 2. The van der Waals surface area contributed by atoms with Gasteiger partial charge in [-0.25, -0.2) is 4.79 Å². The Bertz CT molecular complexity index is 1310. The van der Waals surface area contributed by atoms with Gasteiger partial charge in [-0.15, -0.1) is 0 Å². The van der Waals surface area contributed by atoms with Crippen molar-refractivity contribution in [3.63, 3.8) is 0 Å². The summed E-state index contributed by atoms with van der Waals surface area (Å²) in [5, 5.41) is 0. The van der Waals surface area contributed by atoms with Gasteiger partial charge in [-0.05, 0) is 32.4 Å². The summed E-state index contributed by atoms with van der Waals surface area (Å²) in [5.41, 5.74) is -8.06. The second-order valence-corrected chi connectivity index (χ2v) is 11.2. The predicted molar refractivity (Wildman–Crippen MR) is 123 cm³/mol. The van der Waals surface area contributed by atoms with Crippen LogP contribution >= 0.6 is 0 Å². The summed E-state index contributed by atoms with van der Waals surface area (Å²) in [6, 6.07) is 1.48. The van der Waals surface area contributed by atoms with Crippen LogP contribution in [-0.2, 0) is 38.1 Å². The van der Waals surface area contributed by atoms with Crippen LogP contribution in [0.2, 0.25) is 0 Å². The highest BCUT2D eigenvalue weighted by Crippen LogP contribution is 2.74. The lowest BCUT2D eigenvalue weighted by Gasteiger charge is -2.60. The zero-order valence-electron chi connectivity index (χ0n) is 21.2. The Morgan fingerprint density at radius 2 is 1.89 bits per heavy atom. The molecule has 1 aromatic heterocycles. The zero-order valence-corrected chi connectivity index (χ0v) is 21.2. The number of ketones is 1. The summed E-state index contributed by atoms with van der Waals surface area (Å²) in [6.45, 7) is 10.5. The molecule has 10 nitrogen and oxygen atoms in total. The minimum atomic E-state index is -2.23. The van der Waals surface area contributed by atoms with Gasteiger partial charge in [0.1, 0.15) is 23.4 Å². The fourth-order valence-electron chi connectivity index (χ4n) is 7.64. The van der Waals surface area contributed by atoms with Gasteiger partial charge in [0.25, 0.3) is 0 Å². The third-order valence-corrected chi connectivity index (χ3v) is 9.50. The molecule has 5 aliphatic heterocycles. The average molecular weight is 513 g/mol. The average Bonchev–Trinajstić information content (AvgIpc) is 3.54. The lowest BCUT2D eigenvalue weighted by Crippen LogP contribution is -2.80. The molecule has 0 aromatic carbocycles. The van der Waals surface area contributed by atoms with E-state index in [0.717, 1.165) is 0 Å². The Kier molecular flexibility index (Phi) is 4.43. The highest BCUT2D eigenvalue weighted by Gasteiger charge is 2.91. The molecule has 6 heterocycles. The third-order valence-electron chi connectivity index (χ3n) is 9.50. The topological polar surface area (TPSA) is 128 Å². The number of esters is 3. The van der Waals surface area contributed by atoms with E-state index in [0.29, 0.717) is 5.57 Å². The van der Waals surface area contributed by atoms with Crippen molar-refractivity contribution in [2.24, 2.45) is 16.7 Å². The fraction of sp³-hybridized carbons (Fsp3) is 0.556. The predicted octanol–water partition coefficient (Wildman–Crippen LogP) is 2.67. The summed E-state index contributed by atoms with van der Waals surface area (Å²) in [4.78, 5) is 54.7. The summed E-state index contributed by atoms with van der Waals surface area (Å²) in [7, 11) is 1.18. The number of hydrogen-bond acceptors (Lipinski definition) is 10. The first-order chi connectivity index (χ1) is 17.3. The van der Waals surface area contributed by atoms with Crippen molar-refractivity contribution in [3.8, 4) is 0 Å². The first kappa shape index (κ1) is 24.1. The van der Waals surface area contributed by atoms with Crippen LogP contribution in [0.15, 0.2) is 47.3 Å². The molecule has 4 fully saturated rings. The Hall–Kier alpha value is -3.24. The molecule has 37 heavy (non-hydrogen) atoms. The Balaban J connectivity index is 1.71. The molecule has 1 aliphatic carbocycles. The van der Waals surface area contributed by atoms with Crippen LogP contribution in [0.4, 0.5) is 0 Å². The van der Waals surface area contributed by atoms with Gasteiger partial charge in [0, 0.05) is 13.3 Å². The number of carbonyl (C=O) groups is 4. The largest absolute Gasteiger partial charge is 0.472 e. The Morgan fingerprint density at radius 1 is 1.16 bits per heavy atom. The van der Waals surface area contributed by atoms with Gasteiger partial charge in [0.2, 0.25) is 11.4 Å². The molecule has 196 valence electrons. The number of ether oxygens (including phenoxy) is 5. The highest BCUT2D eigenvalue weighted by molar-refractivity contribution is 6.07. The molecule has 1 spiro atoms. The van der Waals surface area contributed by atoms with Crippen molar-refractivity contribution in [2.75, 3.05) is 7.11 Å². The molecule has 7 rings (SSSR count). The van der Waals surface area contributed by atoms with Gasteiger partial charge in [-0.1, -0.05) is 18.7 Å². The standard InChI is InChI=1S/C27H28O10/c1-14(2)25-13-26(34-17(25)11-18(28)35-25)23(4)16-7-9-22(3,19(29)15-8-10-33-12-15)27(26,21(31)32-6)37-24(16,5)36-20(23)30/h7-10,12,16-17H,1,11,13H2,2-6H3/t16-,17-,22-,23+,24-,25+,26-,27+/m0/s1. The van der Waals surface area contributed by atoms with Crippen molar-refractivity contribution in [1.29, 1.82) is 0 Å². The fourth-order valence-corrected chi connectivity index (χ4v) is 7.64. The zero-order chi connectivity index (χ0) is 26.8. The van der Waals surface area contributed by atoms with Crippen LogP contribution in [0.25, 0.3) is 0 Å². The molecule has 0 saturated carbocycles. The minimum absolute atomic E-state index is 0.126. The number of furan rings is 1. The molecule has 4 bridgehead atoms. The number of hydrogen-bond donors (Lipinski definition) is 0. The van der Waals surface area contributed by atoms with Crippen molar-refractivity contribution < 1.29 is 47.3 Å². The Labute approximate surface area is 212 Å². The summed E-state index contributed by atoms with van der Waals surface area (Å²) >= 11 is 0. The van der Waals surface area contributed by atoms with E-state index in [2.05, 4.69) is 6.58 Å². The lowest BCUT2D eigenvalue weighted by atomic mass is 9.49. The molecule has 6 aliphatic rings. The van der Waals surface area contributed by atoms with E-state index < -0.39 is 69.1 Å². The summed E-state index contributed by atoms with van der Waals surface area (Å²) in [6.07, 6.45) is 4.72. The van der Waals surface area contributed by atoms with Crippen LogP contribution in [0, 0.1) is 16.7 Å². The highest BCUT2D eigenvalue weighted by atomic mass is 16.8. The van der Waals surface area contributed by atoms with Crippen LogP contribution < -0.4 is 0 Å². The summed E-state index contributed by atoms with van der Waals surface area (Å²) in [5.74, 6) is -4.93. The van der Waals surface area contributed by atoms with E-state index in [1.807, 2.05) is 0 Å². The van der Waals surface area contributed by atoms with Gasteiger partial charge in [0.05, 0.1) is 36.7 Å². The Morgan fingerprint density at radius 3 is 2.49 bits per heavy atom. The SMILES string of the molecule is C=C(C)[C@]12C[C@@]3(O[C@H]1CC(=O)O2)[C@]1(C(=O)OC)O[C@]2(C)OC(=O)[C@@]3(C)[C@@H]2C=C[C@@]1(C)C(=O)c1ccoc1. The number of carbonyl (C=O) groups excluding carboxylic acids is 4. The maximum absolute atomic E-state index is 14.2. The van der Waals surface area contributed by atoms with E-state index in [1.165, 1.54) is 25.7 Å². The number of rotatable bonds is 4. The number of methoxy groups -OCH3 is 1. The molecule has 0 radical (unpaired) electrons. The van der Waals surface area contributed by atoms with Crippen molar-refractivity contribution in [2.45, 2.75) is 69.2 Å². The minimum Gasteiger partial charge on any atom is -0.472 e. The first-order valence-electron chi connectivity index (χ1n) is 12.1. The van der Waals surface area contributed by atoms with Crippen LogP contribution in [0.1, 0.15) is 50.9 Å². The van der Waals surface area contributed by atoms with Crippen molar-refractivity contribution in [3.05, 3.63) is 48.5 Å². The maximum Gasteiger partial charge on any atom is 0.342 e. The van der Waals surface area contributed by atoms with E-state index >= 15 is 0 Å². The monoisotopic (exact) mass is 512 g/mol. The van der Waals surface area contributed by atoms with Crippen LogP contribution in [0.3, 0.4) is 0 Å². The molecule has 0 N–H and O–H groups in total. The van der Waals surface area contributed by atoms with Gasteiger partial charge >= 0.3 is 17.9 Å². The van der Waals surface area contributed by atoms with Crippen LogP contribution in [0.5, 0.6) is 0 Å². The van der Waals surface area contributed by atoms with E-state index in [4.69, 9.17) is 28.1 Å². The second kappa shape index (κ2) is 6.79. The van der Waals surface area contributed by atoms with Gasteiger partial charge in [-0.2, -0.15) is 0 Å². The van der Waals surface area contributed by atoms with E-state index in [1.54, 1.807) is 39.8 Å². The molecule has 0 amide bonds. The van der Waals surface area contributed by atoms with Crippen LogP contribution in [-0.4, -0.2) is 59.5 Å². The van der Waals surface area contributed by atoms with Crippen molar-refractivity contribution in [1.82, 2.24) is 0 Å². The number of Topliss-reactive ketones (excluding diaryl/α,β-unsaturated/α-hetero) is 1. The molecule has 10 heteroatoms. The molecule has 0 unspecified atom stereocenters. The third kappa shape index (κ3) is 2.31. The molecule has 8 atom stereocenters. The van der Waals surface area contributed by atoms with Crippen molar-refractivity contribution >= 4 is 23.7 Å². The molecule has 4 saturated heterocycles. The van der Waals surface area contributed by atoms with E-state index in [9.17, 15) is 19.2 Å².